The normalized spacial score (nSPS) is 18.2. The van der Waals surface area contributed by atoms with Gasteiger partial charge >= 0.3 is 5.97 Å². The number of cyclic esters (lactones) is 1. The summed E-state index contributed by atoms with van der Waals surface area (Å²) in [5.41, 5.74) is 4.57. The second-order valence-electron chi connectivity index (χ2n) is 8.90. The van der Waals surface area contributed by atoms with Gasteiger partial charge in [0.15, 0.2) is 0 Å². The van der Waals surface area contributed by atoms with Crippen molar-refractivity contribution in [3.63, 3.8) is 0 Å². The predicted octanol–water partition coefficient (Wildman–Crippen LogP) is 3.59. The molecule has 1 N–H and O–H groups in total. The molecule has 7 nitrogen and oxygen atoms in total. The Balaban J connectivity index is 1.31. The number of amides is 2. The number of rotatable bonds is 7. The Bertz CT molecular complexity index is 1050. The molecule has 0 radical (unpaired) electrons. The minimum absolute atomic E-state index is 0.0229. The number of fused-ring (bicyclic) bond motifs is 1. The first-order valence-corrected chi connectivity index (χ1v) is 12.2. The average molecular weight is 464 g/mol. The van der Waals surface area contributed by atoms with Gasteiger partial charge in [-0.2, -0.15) is 0 Å². The Hall–Kier alpha value is -3.19. The number of hydrogen-bond donors (Lipinski definition) is 1. The fourth-order valence-electron chi connectivity index (χ4n) is 4.82. The quantitative estimate of drug-likeness (QED) is 0.635. The lowest BCUT2D eigenvalue weighted by molar-refractivity contribution is -0.133. The van der Waals surface area contributed by atoms with Gasteiger partial charge in [0.25, 0.3) is 0 Å². The Kier molecular flexibility index (Phi) is 7.63. The van der Waals surface area contributed by atoms with Gasteiger partial charge in [0.2, 0.25) is 11.8 Å². The molecule has 1 fully saturated rings. The number of carbonyl (C=O) groups excluding carboxylic acids is 3. The summed E-state index contributed by atoms with van der Waals surface area (Å²) in [6.07, 6.45) is 2.16. The van der Waals surface area contributed by atoms with Crippen LogP contribution in [0.5, 0.6) is 0 Å². The van der Waals surface area contributed by atoms with E-state index in [1.807, 2.05) is 23.1 Å². The van der Waals surface area contributed by atoms with Crippen molar-refractivity contribution in [2.24, 2.45) is 0 Å². The van der Waals surface area contributed by atoms with Gasteiger partial charge in [-0.1, -0.05) is 50.2 Å². The van der Waals surface area contributed by atoms with E-state index in [-0.39, 0.29) is 24.2 Å². The third-order valence-corrected chi connectivity index (χ3v) is 6.71. The molecular weight excluding hydrogens is 430 g/mol. The second-order valence-corrected chi connectivity index (χ2v) is 8.90. The number of ether oxygens (including phenoxy) is 1. The van der Waals surface area contributed by atoms with Gasteiger partial charge in [-0.3, -0.25) is 14.5 Å². The summed E-state index contributed by atoms with van der Waals surface area (Å²) in [6.45, 7) is 7.08. The zero-order valence-electron chi connectivity index (χ0n) is 20.0. The molecule has 0 spiro atoms. The van der Waals surface area contributed by atoms with Crippen LogP contribution in [0, 0.1) is 0 Å². The summed E-state index contributed by atoms with van der Waals surface area (Å²) in [6, 6.07) is 13.4. The average Bonchev–Trinajstić information content (AvgIpc) is 2.99. The molecule has 1 atom stereocenters. The lowest BCUT2D eigenvalue weighted by Crippen LogP contribution is -2.38. The molecular formula is C27H33N3O4. The zero-order chi connectivity index (χ0) is 24.1. The molecule has 2 aromatic carbocycles. The van der Waals surface area contributed by atoms with E-state index in [1.54, 1.807) is 12.1 Å². The van der Waals surface area contributed by atoms with Gasteiger partial charge in [-0.25, -0.2) is 4.79 Å². The van der Waals surface area contributed by atoms with Crippen LogP contribution in [0.3, 0.4) is 0 Å². The lowest BCUT2D eigenvalue weighted by Gasteiger charge is -2.23. The first kappa shape index (κ1) is 24.0. The van der Waals surface area contributed by atoms with Crippen LogP contribution in [0.2, 0.25) is 0 Å². The Morgan fingerprint density at radius 1 is 0.971 bits per heavy atom. The number of esters is 1. The lowest BCUT2D eigenvalue weighted by atomic mass is 10.0. The van der Waals surface area contributed by atoms with Crippen LogP contribution in [0.15, 0.2) is 42.5 Å². The number of hydrogen-bond acceptors (Lipinski definition) is 5. The van der Waals surface area contributed by atoms with Crippen molar-refractivity contribution < 1.29 is 19.1 Å². The minimum atomic E-state index is -0.521. The maximum Gasteiger partial charge on any atom is 0.339 e. The molecule has 0 saturated carbocycles. The maximum atomic E-state index is 13.0. The van der Waals surface area contributed by atoms with Crippen molar-refractivity contribution >= 4 is 23.5 Å². The Morgan fingerprint density at radius 2 is 1.71 bits per heavy atom. The summed E-state index contributed by atoms with van der Waals surface area (Å²) in [4.78, 5) is 41.8. The highest BCUT2D eigenvalue weighted by Crippen LogP contribution is 2.33. The van der Waals surface area contributed by atoms with Crippen molar-refractivity contribution in [3.05, 3.63) is 64.7 Å². The summed E-state index contributed by atoms with van der Waals surface area (Å²) >= 11 is 0. The molecule has 1 unspecified atom stereocenters. The topological polar surface area (TPSA) is 79.0 Å². The highest BCUT2D eigenvalue weighted by molar-refractivity contribution is 5.95. The second kappa shape index (κ2) is 10.8. The fourth-order valence-corrected chi connectivity index (χ4v) is 4.82. The van der Waals surface area contributed by atoms with E-state index >= 15 is 0 Å². The summed E-state index contributed by atoms with van der Waals surface area (Å²) in [5, 5.41) is 3.13. The molecule has 34 heavy (non-hydrogen) atoms. The first-order valence-electron chi connectivity index (χ1n) is 12.2. The van der Waals surface area contributed by atoms with Crippen molar-refractivity contribution in [1.29, 1.82) is 0 Å². The molecule has 2 aliphatic heterocycles. The number of anilines is 1. The highest BCUT2D eigenvalue weighted by Gasteiger charge is 2.33. The zero-order valence-corrected chi connectivity index (χ0v) is 20.0. The van der Waals surface area contributed by atoms with Gasteiger partial charge in [-0.05, 0) is 36.5 Å². The first-order chi connectivity index (χ1) is 16.5. The molecule has 7 heteroatoms. The monoisotopic (exact) mass is 463 g/mol. The number of aryl methyl sites for hydroxylation is 2. The third kappa shape index (κ3) is 5.30. The van der Waals surface area contributed by atoms with Crippen LogP contribution < -0.4 is 5.32 Å². The fraction of sp³-hybridized carbons (Fsp3) is 0.444. The molecule has 2 amide bonds. The number of para-hydroxylation sites is 1. The summed E-state index contributed by atoms with van der Waals surface area (Å²) < 4.78 is 5.44. The Labute approximate surface area is 201 Å². The van der Waals surface area contributed by atoms with E-state index in [4.69, 9.17) is 4.74 Å². The standard InChI is InChI=1S/C27H33N3O4/c1-3-19-9-7-10-20(4-2)26(19)28-24(31)18-29-13-8-14-30(16-15-29)25(32)17-23-21-11-5-6-12-22(21)27(33)34-23/h5-7,9-12,23H,3-4,8,13-18H2,1-2H3,(H,28,31). The van der Waals surface area contributed by atoms with Crippen molar-refractivity contribution in [3.8, 4) is 0 Å². The summed E-state index contributed by atoms with van der Waals surface area (Å²) in [7, 11) is 0. The smallest absolute Gasteiger partial charge is 0.339 e. The van der Waals surface area contributed by atoms with Crippen LogP contribution in [0.1, 0.15) is 59.8 Å². The van der Waals surface area contributed by atoms with Crippen molar-refractivity contribution in [1.82, 2.24) is 9.80 Å². The van der Waals surface area contributed by atoms with Crippen LogP contribution in [0.4, 0.5) is 5.69 Å². The SMILES string of the molecule is CCc1cccc(CC)c1NC(=O)CN1CCCN(C(=O)CC2OC(=O)c3ccccc32)CC1. The van der Waals surface area contributed by atoms with Gasteiger partial charge in [0.05, 0.1) is 18.5 Å². The molecule has 2 aromatic rings. The van der Waals surface area contributed by atoms with Crippen LogP contribution in [-0.2, 0) is 27.2 Å². The maximum absolute atomic E-state index is 13.0. The van der Waals surface area contributed by atoms with Crippen molar-refractivity contribution in [2.75, 3.05) is 38.0 Å². The number of nitrogens with one attached hydrogen (secondary N) is 1. The number of carbonyl (C=O) groups is 3. The van der Waals surface area contributed by atoms with E-state index in [2.05, 4.69) is 36.2 Å². The van der Waals surface area contributed by atoms with E-state index in [1.165, 1.54) is 0 Å². The van der Waals surface area contributed by atoms with Gasteiger partial charge in [0, 0.05) is 37.4 Å². The molecule has 4 rings (SSSR count). The molecule has 0 bridgehead atoms. The largest absolute Gasteiger partial charge is 0.453 e. The van der Waals surface area contributed by atoms with Crippen LogP contribution >= 0.6 is 0 Å². The number of benzene rings is 2. The molecule has 0 aliphatic carbocycles. The van der Waals surface area contributed by atoms with Crippen LogP contribution in [-0.4, -0.2) is 60.3 Å². The van der Waals surface area contributed by atoms with E-state index in [9.17, 15) is 14.4 Å². The predicted molar refractivity (Wildman–Crippen MR) is 131 cm³/mol. The van der Waals surface area contributed by atoms with E-state index in [0.717, 1.165) is 48.2 Å². The van der Waals surface area contributed by atoms with Gasteiger partial charge in [-0.15, -0.1) is 0 Å². The molecule has 2 heterocycles. The highest BCUT2D eigenvalue weighted by atomic mass is 16.5. The molecule has 0 aromatic heterocycles. The van der Waals surface area contributed by atoms with Gasteiger partial charge in [0.1, 0.15) is 6.10 Å². The number of nitrogens with zero attached hydrogens (tertiary/aromatic N) is 2. The minimum Gasteiger partial charge on any atom is -0.453 e. The molecule has 2 aliphatic rings. The van der Waals surface area contributed by atoms with E-state index in [0.29, 0.717) is 31.7 Å². The molecule has 180 valence electrons. The summed E-state index contributed by atoms with van der Waals surface area (Å²) in [5.74, 6) is -0.410. The van der Waals surface area contributed by atoms with E-state index < -0.39 is 6.10 Å². The molecule has 1 saturated heterocycles. The van der Waals surface area contributed by atoms with Crippen molar-refractivity contribution in [2.45, 2.75) is 45.6 Å². The van der Waals surface area contributed by atoms with Crippen LogP contribution in [0.25, 0.3) is 0 Å². The van der Waals surface area contributed by atoms with Gasteiger partial charge < -0.3 is 15.0 Å². The third-order valence-electron chi connectivity index (χ3n) is 6.71. The Morgan fingerprint density at radius 3 is 2.44 bits per heavy atom.